The average molecular weight is 376 g/mol. The van der Waals surface area contributed by atoms with Gasteiger partial charge in [0.05, 0.1) is 23.7 Å². The molecule has 9 heteroatoms. The van der Waals surface area contributed by atoms with Gasteiger partial charge in [0, 0.05) is 11.8 Å². The quantitative estimate of drug-likeness (QED) is 0.611. The molecule has 1 heterocycles. The normalized spacial score (nSPS) is 11.1. The van der Waals surface area contributed by atoms with Crippen molar-refractivity contribution in [2.24, 2.45) is 5.73 Å². The summed E-state index contributed by atoms with van der Waals surface area (Å²) in [6.07, 6.45) is 2.63. The van der Waals surface area contributed by atoms with Crippen LogP contribution in [0.4, 0.5) is 0 Å². The van der Waals surface area contributed by atoms with E-state index < -0.39 is 28.4 Å². The first kappa shape index (κ1) is 19.5. The van der Waals surface area contributed by atoms with E-state index in [1.165, 1.54) is 24.3 Å². The number of carbonyl (C=O) groups excluding carboxylic acids is 2. The van der Waals surface area contributed by atoms with Crippen LogP contribution in [-0.2, 0) is 27.8 Å². The summed E-state index contributed by atoms with van der Waals surface area (Å²) < 4.78 is 26.2. The number of nitrogens with two attached hydrogens (primary N) is 1. The second-order valence-electron chi connectivity index (χ2n) is 5.51. The Morgan fingerprint density at radius 3 is 2.58 bits per heavy atom. The van der Waals surface area contributed by atoms with Crippen LogP contribution in [0.2, 0.25) is 0 Å². The molecule has 0 aliphatic carbocycles. The lowest BCUT2D eigenvalue weighted by Crippen LogP contribution is -2.33. The number of aromatic nitrogens is 1. The first-order valence-corrected chi connectivity index (χ1v) is 9.40. The minimum absolute atomic E-state index is 0.128. The van der Waals surface area contributed by atoms with Crippen LogP contribution in [0.15, 0.2) is 47.5 Å². The number of sulfonamides is 1. The van der Waals surface area contributed by atoms with Gasteiger partial charge in [-0.15, -0.1) is 0 Å². The molecule has 0 fully saturated rings. The Bertz CT molecular complexity index is 895. The van der Waals surface area contributed by atoms with Gasteiger partial charge in [-0.1, -0.05) is 19.1 Å². The molecule has 0 spiro atoms. The molecule has 2 aromatic rings. The van der Waals surface area contributed by atoms with Gasteiger partial charge in [0.25, 0.3) is 5.91 Å². The molecule has 138 valence electrons. The third-order valence-corrected chi connectivity index (χ3v) is 4.97. The second kappa shape index (κ2) is 8.54. The predicted octanol–water partition coefficient (Wildman–Crippen LogP) is 0.338. The summed E-state index contributed by atoms with van der Waals surface area (Å²) in [4.78, 5) is 27.1. The Hall–Kier alpha value is -2.78. The monoisotopic (exact) mass is 376 g/mol. The van der Waals surface area contributed by atoms with Gasteiger partial charge in [0.2, 0.25) is 15.9 Å². The van der Waals surface area contributed by atoms with Gasteiger partial charge in [0.15, 0.2) is 0 Å². The van der Waals surface area contributed by atoms with Crippen LogP contribution in [-0.4, -0.2) is 31.8 Å². The summed E-state index contributed by atoms with van der Waals surface area (Å²) in [6, 6.07) is 9.26. The number of nitrogens with zero attached hydrogens (tertiary/aromatic N) is 1. The summed E-state index contributed by atoms with van der Waals surface area (Å²) in [5.74, 6) is -1.23. The highest BCUT2D eigenvalue weighted by atomic mass is 32.2. The molecule has 0 bridgehead atoms. The van der Waals surface area contributed by atoms with Crippen molar-refractivity contribution in [2.45, 2.75) is 24.8 Å². The highest BCUT2D eigenvalue weighted by Crippen LogP contribution is 2.11. The van der Waals surface area contributed by atoms with Gasteiger partial charge in [-0.3, -0.25) is 14.6 Å². The molecule has 1 aromatic heterocycles. The first-order valence-electron chi connectivity index (χ1n) is 7.92. The molecule has 2 rings (SSSR count). The van der Waals surface area contributed by atoms with Crippen molar-refractivity contribution in [1.82, 2.24) is 15.0 Å². The van der Waals surface area contributed by atoms with E-state index in [2.05, 4.69) is 15.0 Å². The van der Waals surface area contributed by atoms with Crippen molar-refractivity contribution in [3.05, 3.63) is 59.4 Å². The summed E-state index contributed by atoms with van der Waals surface area (Å²) >= 11 is 0. The van der Waals surface area contributed by atoms with E-state index in [9.17, 15) is 18.0 Å². The summed E-state index contributed by atoms with van der Waals surface area (Å²) in [7, 11) is -3.93. The number of aryl methyl sites for hydroxylation is 1. The van der Waals surface area contributed by atoms with E-state index in [-0.39, 0.29) is 17.0 Å². The van der Waals surface area contributed by atoms with Crippen LogP contribution in [0.5, 0.6) is 0 Å². The first-order chi connectivity index (χ1) is 12.3. The molecule has 0 unspecified atom stereocenters. The standard InChI is InChI=1S/C17H20N4O4S/c1-2-12-6-7-14(19-9-12)10-20-17(23)13-4-3-5-15(8-13)26(24,25)21-11-16(18)22/h3-9,21H,2,10-11H2,1H3,(H2,18,22)(H,20,23). The number of amides is 2. The summed E-state index contributed by atoms with van der Waals surface area (Å²) in [6.45, 7) is 1.73. The van der Waals surface area contributed by atoms with Crippen LogP contribution >= 0.6 is 0 Å². The number of benzene rings is 1. The fraction of sp³-hybridized carbons (Fsp3) is 0.235. The minimum Gasteiger partial charge on any atom is -0.369 e. The molecular formula is C17H20N4O4S. The van der Waals surface area contributed by atoms with E-state index in [0.717, 1.165) is 12.0 Å². The largest absolute Gasteiger partial charge is 0.369 e. The van der Waals surface area contributed by atoms with E-state index in [1.807, 2.05) is 19.1 Å². The van der Waals surface area contributed by atoms with Gasteiger partial charge in [-0.2, -0.15) is 0 Å². The van der Waals surface area contributed by atoms with Gasteiger partial charge in [-0.25, -0.2) is 13.1 Å². The number of nitrogens with one attached hydrogen (secondary N) is 2. The van der Waals surface area contributed by atoms with Crippen LogP contribution in [0, 0.1) is 0 Å². The van der Waals surface area contributed by atoms with Crippen molar-refractivity contribution in [3.63, 3.8) is 0 Å². The van der Waals surface area contributed by atoms with Gasteiger partial charge >= 0.3 is 0 Å². The van der Waals surface area contributed by atoms with E-state index in [4.69, 9.17) is 5.73 Å². The lowest BCUT2D eigenvalue weighted by molar-refractivity contribution is -0.116. The molecule has 8 nitrogen and oxygen atoms in total. The topological polar surface area (TPSA) is 131 Å². The highest BCUT2D eigenvalue weighted by Gasteiger charge is 2.16. The van der Waals surface area contributed by atoms with Crippen molar-refractivity contribution in [2.75, 3.05) is 6.54 Å². The maximum absolute atomic E-state index is 12.3. The molecule has 4 N–H and O–H groups in total. The zero-order valence-electron chi connectivity index (χ0n) is 14.2. The second-order valence-corrected chi connectivity index (χ2v) is 7.28. The van der Waals surface area contributed by atoms with E-state index >= 15 is 0 Å². The van der Waals surface area contributed by atoms with Crippen LogP contribution < -0.4 is 15.8 Å². The zero-order valence-corrected chi connectivity index (χ0v) is 15.0. The number of primary amides is 1. The van der Waals surface area contributed by atoms with Crippen molar-refractivity contribution < 1.29 is 18.0 Å². The molecule has 1 aromatic carbocycles. The number of carbonyl (C=O) groups is 2. The highest BCUT2D eigenvalue weighted by molar-refractivity contribution is 7.89. The lowest BCUT2D eigenvalue weighted by Gasteiger charge is -2.08. The fourth-order valence-corrected chi connectivity index (χ4v) is 3.13. The SMILES string of the molecule is CCc1ccc(CNC(=O)c2cccc(S(=O)(=O)NCC(N)=O)c2)nc1. The molecule has 26 heavy (non-hydrogen) atoms. The predicted molar refractivity (Wildman–Crippen MR) is 95.6 cm³/mol. The van der Waals surface area contributed by atoms with Crippen molar-refractivity contribution in [3.8, 4) is 0 Å². The molecule has 0 aliphatic heterocycles. The Morgan fingerprint density at radius 1 is 1.19 bits per heavy atom. The number of pyridine rings is 1. The molecule has 0 radical (unpaired) electrons. The summed E-state index contributed by atoms with van der Waals surface area (Å²) in [5.41, 5.74) is 6.91. The van der Waals surface area contributed by atoms with Crippen molar-refractivity contribution >= 4 is 21.8 Å². The van der Waals surface area contributed by atoms with Crippen LogP contribution in [0.25, 0.3) is 0 Å². The summed E-state index contributed by atoms with van der Waals surface area (Å²) in [5, 5.41) is 2.69. The maximum Gasteiger partial charge on any atom is 0.251 e. The number of rotatable bonds is 8. The molecule has 0 aliphatic rings. The smallest absolute Gasteiger partial charge is 0.251 e. The maximum atomic E-state index is 12.3. The molecule has 0 atom stereocenters. The van der Waals surface area contributed by atoms with Gasteiger partial charge < -0.3 is 11.1 Å². The Labute approximate surface area is 151 Å². The average Bonchev–Trinajstić information content (AvgIpc) is 2.65. The van der Waals surface area contributed by atoms with Crippen LogP contribution in [0.3, 0.4) is 0 Å². The van der Waals surface area contributed by atoms with Crippen molar-refractivity contribution in [1.29, 1.82) is 0 Å². The lowest BCUT2D eigenvalue weighted by atomic mass is 10.2. The Balaban J connectivity index is 2.06. The van der Waals surface area contributed by atoms with Gasteiger partial charge in [-0.05, 0) is 36.2 Å². The molecule has 2 amide bonds. The molecule has 0 saturated carbocycles. The van der Waals surface area contributed by atoms with E-state index in [1.54, 1.807) is 6.20 Å². The third kappa shape index (κ3) is 5.36. The number of hydrogen-bond acceptors (Lipinski definition) is 5. The van der Waals surface area contributed by atoms with Crippen LogP contribution in [0.1, 0.15) is 28.5 Å². The molecule has 0 saturated heterocycles. The third-order valence-electron chi connectivity index (χ3n) is 3.57. The van der Waals surface area contributed by atoms with Gasteiger partial charge in [0.1, 0.15) is 0 Å². The fourth-order valence-electron chi connectivity index (χ4n) is 2.10. The number of hydrogen-bond donors (Lipinski definition) is 3. The molecular weight excluding hydrogens is 356 g/mol. The van der Waals surface area contributed by atoms with E-state index in [0.29, 0.717) is 5.69 Å². The zero-order chi connectivity index (χ0) is 19.2. The minimum atomic E-state index is -3.93. The Kier molecular flexibility index (Phi) is 6.42. The Morgan fingerprint density at radius 2 is 1.96 bits per heavy atom.